The summed E-state index contributed by atoms with van der Waals surface area (Å²) in [5.41, 5.74) is 0. The number of aliphatic hydroxyl groups is 2. The first-order valence-corrected chi connectivity index (χ1v) is 13.4. The Labute approximate surface area is 221 Å². The summed E-state index contributed by atoms with van der Waals surface area (Å²) >= 11 is 0. The molecule has 0 amide bonds. The van der Waals surface area contributed by atoms with Crippen LogP contribution in [0, 0.1) is 29.6 Å². The fourth-order valence-electron chi connectivity index (χ4n) is 5.44. The molecule has 0 radical (unpaired) electrons. The molecule has 0 aliphatic carbocycles. The van der Waals surface area contributed by atoms with E-state index >= 15 is 0 Å². The second-order valence-corrected chi connectivity index (χ2v) is 11.5. The molecule has 2 heterocycles. The van der Waals surface area contributed by atoms with Crippen molar-refractivity contribution < 1.29 is 38.8 Å². The van der Waals surface area contributed by atoms with E-state index < -0.39 is 54.4 Å². The Hall–Kier alpha value is -1.65. The summed E-state index contributed by atoms with van der Waals surface area (Å²) in [7, 11) is 3.77. The predicted molar refractivity (Wildman–Crippen MR) is 138 cm³/mol. The second-order valence-electron chi connectivity index (χ2n) is 11.5. The maximum absolute atomic E-state index is 13.5. The second kappa shape index (κ2) is 13.4. The van der Waals surface area contributed by atoms with Gasteiger partial charge in [-0.3, -0.25) is 14.4 Å². The Bertz CT molecular complexity index is 827. The fourth-order valence-corrected chi connectivity index (χ4v) is 5.44. The summed E-state index contributed by atoms with van der Waals surface area (Å²) < 4.78 is 17.9. The third kappa shape index (κ3) is 7.93. The number of ether oxygens (including phenoxy) is 3. The van der Waals surface area contributed by atoms with E-state index in [1.54, 1.807) is 19.9 Å². The van der Waals surface area contributed by atoms with Gasteiger partial charge in [-0.2, -0.15) is 0 Å². The van der Waals surface area contributed by atoms with Crippen molar-refractivity contribution in [1.29, 1.82) is 0 Å². The van der Waals surface area contributed by atoms with E-state index in [0.29, 0.717) is 12.8 Å². The molecule has 0 bridgehead atoms. The van der Waals surface area contributed by atoms with Crippen LogP contribution < -0.4 is 0 Å². The van der Waals surface area contributed by atoms with E-state index in [-0.39, 0.29) is 35.5 Å². The minimum absolute atomic E-state index is 0.104. The van der Waals surface area contributed by atoms with Gasteiger partial charge in [0.2, 0.25) is 0 Å². The van der Waals surface area contributed by atoms with Crippen molar-refractivity contribution in [3.05, 3.63) is 12.2 Å². The fraction of sp³-hybridized carbons (Fsp3) is 0.821. The largest absolute Gasteiger partial charge is 0.458 e. The van der Waals surface area contributed by atoms with Crippen LogP contribution in [0.1, 0.15) is 61.3 Å². The summed E-state index contributed by atoms with van der Waals surface area (Å²) in [4.78, 5) is 41.3. The van der Waals surface area contributed by atoms with Crippen LogP contribution >= 0.6 is 0 Å². The number of allylic oxidation sites excluding steroid dienone is 1. The van der Waals surface area contributed by atoms with E-state index in [4.69, 9.17) is 14.2 Å². The van der Waals surface area contributed by atoms with Gasteiger partial charge in [0.15, 0.2) is 17.9 Å². The molecule has 0 aromatic carbocycles. The predicted octanol–water partition coefficient (Wildman–Crippen LogP) is 2.37. The molecule has 0 aromatic heterocycles. The molecule has 2 N–H and O–H groups in total. The van der Waals surface area contributed by atoms with Crippen LogP contribution in [-0.4, -0.2) is 89.6 Å². The zero-order valence-electron chi connectivity index (χ0n) is 23.8. The van der Waals surface area contributed by atoms with Crippen LogP contribution in [0.4, 0.5) is 0 Å². The minimum Gasteiger partial charge on any atom is -0.458 e. The molecule has 0 spiro atoms. The van der Waals surface area contributed by atoms with Crippen molar-refractivity contribution >= 4 is 17.5 Å². The summed E-state index contributed by atoms with van der Waals surface area (Å²) in [5.74, 6) is -4.07. The van der Waals surface area contributed by atoms with Crippen LogP contribution in [-0.2, 0) is 28.6 Å². The molecular formula is C28H47NO8. The minimum atomic E-state index is -1.08. The van der Waals surface area contributed by atoms with Gasteiger partial charge in [-0.1, -0.05) is 33.8 Å². The summed E-state index contributed by atoms with van der Waals surface area (Å²) in [6, 6.07) is -0.187. The quantitative estimate of drug-likeness (QED) is 0.421. The van der Waals surface area contributed by atoms with Gasteiger partial charge >= 0.3 is 5.97 Å². The zero-order valence-corrected chi connectivity index (χ0v) is 23.8. The van der Waals surface area contributed by atoms with Crippen LogP contribution in [0.2, 0.25) is 0 Å². The molecule has 0 unspecified atom stereocenters. The number of ketones is 2. The van der Waals surface area contributed by atoms with E-state index in [2.05, 4.69) is 0 Å². The number of Topliss-reactive ketones (excluding diaryl/α,β-unsaturated/α-hetero) is 1. The molecule has 0 aromatic rings. The van der Waals surface area contributed by atoms with E-state index in [1.807, 2.05) is 39.8 Å². The van der Waals surface area contributed by atoms with Crippen LogP contribution in [0.15, 0.2) is 12.2 Å². The molecular weight excluding hydrogens is 478 g/mol. The molecule has 212 valence electrons. The Balaban J connectivity index is 2.42. The van der Waals surface area contributed by atoms with Crippen molar-refractivity contribution in [3.8, 4) is 0 Å². The Kier molecular flexibility index (Phi) is 11.5. The molecule has 12 atom stereocenters. The number of aliphatic hydroxyl groups excluding tert-OH is 2. The van der Waals surface area contributed by atoms with Gasteiger partial charge in [-0.15, -0.1) is 0 Å². The number of rotatable bonds is 4. The summed E-state index contributed by atoms with van der Waals surface area (Å²) in [6.07, 6.45) is -0.500. The molecule has 1 saturated heterocycles. The third-order valence-electron chi connectivity index (χ3n) is 7.87. The van der Waals surface area contributed by atoms with Crippen LogP contribution in [0.25, 0.3) is 0 Å². The van der Waals surface area contributed by atoms with Gasteiger partial charge in [-0.05, 0) is 59.7 Å². The Morgan fingerprint density at radius 1 is 1.05 bits per heavy atom. The first-order valence-electron chi connectivity index (χ1n) is 13.4. The highest BCUT2D eigenvalue weighted by atomic mass is 16.7. The molecule has 37 heavy (non-hydrogen) atoms. The Morgan fingerprint density at radius 2 is 1.68 bits per heavy atom. The highest BCUT2D eigenvalue weighted by Crippen LogP contribution is 2.32. The lowest BCUT2D eigenvalue weighted by Gasteiger charge is -2.43. The molecule has 1 fully saturated rings. The van der Waals surface area contributed by atoms with Crippen LogP contribution in [0.3, 0.4) is 0 Å². The van der Waals surface area contributed by atoms with Crippen molar-refractivity contribution in [1.82, 2.24) is 4.90 Å². The first kappa shape index (κ1) is 31.6. The van der Waals surface area contributed by atoms with Gasteiger partial charge in [0.05, 0.1) is 18.3 Å². The molecule has 0 saturated carbocycles. The standard InChI is InChI=1S/C28H47NO8/c1-14-10-11-22(31)15(2)12-16(3)25(37-28-24(33)21(29(8)9)13-17(4)35-28)18(5)23(32)19(6)27(34)36-26(14)20(7)30/h10-11,14-21,24-26,28,30,33H,12-13H2,1-9H3/b11-10+/t14-,15-,16+,17-,18+,19-,20-,21+,24-,25+,26+,28-/m1/s1. The number of likely N-dealkylation sites (N-methyl/N-ethyl adjacent to an activating group) is 1. The SMILES string of the molecule is C[C@H]1C(=O)O[C@H]([C@@H](C)O)[C@H](C)/C=C/C(=O)[C@H](C)C[C@H](C)[C@H](O[C@H]2O[C@H](C)C[C@H](N(C)C)[C@H]2O)[C@@H](C)C1=O. The highest BCUT2D eigenvalue weighted by molar-refractivity contribution is 6.00. The first-order chi connectivity index (χ1) is 17.1. The lowest BCUT2D eigenvalue weighted by Crippen LogP contribution is -2.56. The number of hydrogen-bond donors (Lipinski definition) is 2. The average molecular weight is 526 g/mol. The third-order valence-corrected chi connectivity index (χ3v) is 7.87. The van der Waals surface area contributed by atoms with E-state index in [0.717, 1.165) is 0 Å². The monoisotopic (exact) mass is 525 g/mol. The van der Waals surface area contributed by atoms with Gasteiger partial charge in [-0.25, -0.2) is 0 Å². The molecule has 9 heteroatoms. The highest BCUT2D eigenvalue weighted by Gasteiger charge is 2.43. The number of esters is 1. The number of nitrogens with zero attached hydrogens (tertiary/aromatic N) is 1. The number of carbonyl (C=O) groups excluding carboxylic acids is 3. The van der Waals surface area contributed by atoms with Gasteiger partial charge < -0.3 is 29.3 Å². The van der Waals surface area contributed by atoms with Crippen molar-refractivity contribution in [3.63, 3.8) is 0 Å². The van der Waals surface area contributed by atoms with E-state index in [9.17, 15) is 24.6 Å². The maximum Gasteiger partial charge on any atom is 0.316 e. The van der Waals surface area contributed by atoms with Crippen LogP contribution in [0.5, 0.6) is 0 Å². The van der Waals surface area contributed by atoms with E-state index in [1.165, 1.54) is 19.9 Å². The number of cyclic esters (lactones) is 1. The van der Waals surface area contributed by atoms with Crippen molar-refractivity contribution in [2.75, 3.05) is 14.1 Å². The summed E-state index contributed by atoms with van der Waals surface area (Å²) in [6.45, 7) is 12.1. The summed E-state index contributed by atoms with van der Waals surface area (Å²) in [5, 5.41) is 21.2. The Morgan fingerprint density at radius 3 is 2.24 bits per heavy atom. The average Bonchev–Trinajstić information content (AvgIpc) is 2.82. The molecule has 9 nitrogen and oxygen atoms in total. The zero-order chi connectivity index (χ0) is 28.2. The number of carbonyl (C=O) groups is 3. The van der Waals surface area contributed by atoms with Gasteiger partial charge in [0.25, 0.3) is 0 Å². The normalized spacial score (nSPS) is 42.7. The maximum atomic E-state index is 13.5. The molecule has 2 aliphatic rings. The topological polar surface area (TPSA) is 123 Å². The molecule has 2 rings (SSSR count). The smallest absolute Gasteiger partial charge is 0.316 e. The number of hydrogen-bond acceptors (Lipinski definition) is 9. The van der Waals surface area contributed by atoms with Crippen molar-refractivity contribution in [2.24, 2.45) is 29.6 Å². The molecule has 2 aliphatic heterocycles. The van der Waals surface area contributed by atoms with Gasteiger partial charge in [0, 0.05) is 23.8 Å². The lowest BCUT2D eigenvalue weighted by atomic mass is 9.80. The lowest BCUT2D eigenvalue weighted by molar-refractivity contribution is -0.278. The van der Waals surface area contributed by atoms with Gasteiger partial charge in [0.1, 0.15) is 18.1 Å². The van der Waals surface area contributed by atoms with Crippen molar-refractivity contribution in [2.45, 2.75) is 104 Å².